The lowest BCUT2D eigenvalue weighted by Gasteiger charge is -2.12. The Hall–Kier alpha value is -6.37. The fourth-order valence-corrected chi connectivity index (χ4v) is 8.47. The number of carbonyl (C=O) groups excluding carboxylic acids is 5. The first-order valence-corrected chi connectivity index (χ1v) is 21.2. The van der Waals surface area contributed by atoms with E-state index in [4.69, 9.17) is 85.3 Å². The van der Waals surface area contributed by atoms with Gasteiger partial charge in [-0.3, -0.25) is 33.6 Å². The topological polar surface area (TPSA) is 224 Å². The molecule has 3 aromatic rings. The molecule has 13 nitrogen and oxygen atoms in total. The lowest BCUT2D eigenvalue weighted by molar-refractivity contribution is -0.114. The monoisotopic (exact) mass is 1010 g/mol. The number of ketones is 4. The first-order valence-electron chi connectivity index (χ1n) is 17.3. The zero-order valence-electron chi connectivity index (χ0n) is 31.5. The molecular weight excluding hydrogens is 991 g/mol. The third-order valence-corrected chi connectivity index (χ3v) is 13.2. The largest absolute Gasteiger partial charge is 0.410 e. The Balaban J connectivity index is 0.000000164. The first-order chi connectivity index (χ1) is 30.6. The number of carbonyl (C=O) groups is 5. The molecule has 0 atom stereocenters. The van der Waals surface area contributed by atoms with Gasteiger partial charge in [-0.1, -0.05) is 141 Å². The van der Waals surface area contributed by atoms with Crippen LogP contribution in [-0.4, -0.2) is 45.7 Å². The maximum absolute atomic E-state index is 12.4. The lowest BCUT2D eigenvalue weighted by Crippen LogP contribution is -2.19. The number of nitrogens with zero attached hydrogens (tertiary/aromatic N) is 4. The normalized spacial score (nSPS) is 14.1. The van der Waals surface area contributed by atoms with Gasteiger partial charge in [0.2, 0.25) is 34.0 Å². The number of nitriles is 2. The van der Waals surface area contributed by atoms with E-state index in [0.717, 1.165) is 22.7 Å². The summed E-state index contributed by atoms with van der Waals surface area (Å²) in [5.41, 5.74) is 4.09. The van der Waals surface area contributed by atoms with Gasteiger partial charge in [0, 0.05) is 27.5 Å². The minimum Gasteiger partial charge on any atom is -0.410 e. The molecule has 0 bridgehead atoms. The number of amides is 1. The molecule has 0 saturated carbocycles. The molecule has 21 heteroatoms. The zero-order valence-corrected chi connectivity index (χ0v) is 37.7. The predicted octanol–water partition coefficient (Wildman–Crippen LogP) is 9.15. The number of Topliss-reactive ketones (excluding diaryl/α,β-unsaturated/α-hetero) is 4. The van der Waals surface area contributed by atoms with Gasteiger partial charge in [-0.05, 0) is 36.4 Å². The molecular formula is C43H19Cl6N5O8S2. The van der Waals surface area contributed by atoms with Crippen LogP contribution in [-0.2, 0) is 9.59 Å². The Kier molecular flexibility index (Phi) is 16.6. The Morgan fingerprint density at radius 2 is 0.891 bits per heavy atom. The molecule has 0 unspecified atom stereocenters. The molecule has 0 radical (unpaired) electrons. The van der Waals surface area contributed by atoms with Gasteiger partial charge in [0.05, 0.1) is 14.8 Å². The predicted molar refractivity (Wildman–Crippen MR) is 247 cm³/mol. The van der Waals surface area contributed by atoms with Gasteiger partial charge < -0.3 is 5.21 Å². The number of allylic oxidation sites excluding steroid dienone is 10. The van der Waals surface area contributed by atoms with Gasteiger partial charge in [0.25, 0.3) is 5.91 Å². The summed E-state index contributed by atoms with van der Waals surface area (Å²) in [5.74, 6) is -2.52. The number of fused-ring (bicyclic) bond motifs is 2. The molecule has 8 rings (SSSR count). The summed E-state index contributed by atoms with van der Waals surface area (Å²) >= 11 is 34.5. The van der Waals surface area contributed by atoms with Gasteiger partial charge in [-0.2, -0.15) is 15.6 Å². The average Bonchev–Trinajstić information content (AvgIpc) is 3.34. The summed E-state index contributed by atoms with van der Waals surface area (Å²) in [6.45, 7) is 0. The molecule has 0 spiro atoms. The van der Waals surface area contributed by atoms with E-state index in [1.165, 1.54) is 0 Å². The van der Waals surface area contributed by atoms with Crippen molar-refractivity contribution in [1.82, 2.24) is 5.43 Å². The maximum Gasteiger partial charge on any atom is 0.271 e. The highest BCUT2D eigenvalue weighted by atomic mass is 35.5. The van der Waals surface area contributed by atoms with Crippen LogP contribution in [0.2, 0.25) is 0 Å². The van der Waals surface area contributed by atoms with Crippen molar-refractivity contribution in [3.63, 3.8) is 0 Å². The van der Waals surface area contributed by atoms with Crippen LogP contribution in [0.15, 0.2) is 153 Å². The standard InChI is InChI=1S/C14H4N2O2S2.C13H11N3O2.C10H4Cl2O2.C6Cl4O2/c15-5-9-10(6-16)20-14-12(18)8-4-2-1-3-7(8)11(17)13(14)19-9;17-13(10-4-2-1-3-5-10)15-14-11-6-8-12(16-18)9-7-11;11-7-8(12)10(14)6-4-2-1-3-5(6)9(7)13;7-1-2(8)6(12)4(10)3(9)5(1)11/h1-4H;1-9,18H,(H,15,17);1-4H;. The Morgan fingerprint density at radius 3 is 1.28 bits per heavy atom. The summed E-state index contributed by atoms with van der Waals surface area (Å²) < 4.78 is 0.489. The SMILES string of the molecule is N#Cc1sc2c(=O)c3ccccc3c(=O)c=2sc1C#N.O=C(NN=C1C=CC(=NO)C=C1)c1ccccc1.O=C1C(Cl)=C(Cl)C(=O)C(Cl)=C1Cl.O=C1C(Cl)=C(Cl)C(=O)c2ccccc21. The van der Waals surface area contributed by atoms with Crippen molar-refractivity contribution in [1.29, 1.82) is 10.5 Å². The molecule has 1 heterocycles. The summed E-state index contributed by atoms with van der Waals surface area (Å²) in [5, 5.41) is 32.2. The van der Waals surface area contributed by atoms with Gasteiger partial charge >= 0.3 is 0 Å². The zero-order chi connectivity index (χ0) is 46.8. The number of benzene rings is 3. The van der Waals surface area contributed by atoms with Crippen molar-refractivity contribution in [3.8, 4) is 12.1 Å². The Bertz CT molecular complexity index is 3130. The molecule has 64 heavy (non-hydrogen) atoms. The van der Waals surface area contributed by atoms with E-state index in [9.17, 15) is 33.6 Å². The van der Waals surface area contributed by atoms with Crippen molar-refractivity contribution in [2.24, 2.45) is 10.3 Å². The van der Waals surface area contributed by atoms with E-state index in [2.05, 4.69) is 15.7 Å². The highest BCUT2D eigenvalue weighted by Crippen LogP contribution is 2.33. The maximum atomic E-state index is 12.4. The fraction of sp³-hybridized carbons (Fsp3) is 0. The van der Waals surface area contributed by atoms with E-state index in [1.807, 2.05) is 18.2 Å². The van der Waals surface area contributed by atoms with Crippen LogP contribution < -0.4 is 16.3 Å². The van der Waals surface area contributed by atoms with Crippen LogP contribution >= 0.6 is 92.3 Å². The van der Waals surface area contributed by atoms with E-state index in [0.29, 0.717) is 38.9 Å². The number of hydrogen-bond acceptors (Lipinski definition) is 14. The molecule has 0 saturated heterocycles. The second kappa shape index (κ2) is 21.8. The van der Waals surface area contributed by atoms with Crippen LogP contribution in [0, 0.1) is 31.7 Å². The van der Waals surface area contributed by atoms with Crippen molar-refractivity contribution in [2.75, 3.05) is 0 Å². The Labute approximate surface area is 397 Å². The molecule has 2 N–H and O–H groups in total. The highest BCUT2D eigenvalue weighted by molar-refractivity contribution is 7.18. The summed E-state index contributed by atoms with van der Waals surface area (Å²) in [6, 6.07) is 25.7. The number of hydrazone groups is 1. The van der Waals surface area contributed by atoms with Crippen molar-refractivity contribution in [3.05, 3.63) is 189 Å². The summed E-state index contributed by atoms with van der Waals surface area (Å²) in [4.78, 5) is 81.9. The van der Waals surface area contributed by atoms with Crippen molar-refractivity contribution < 1.29 is 29.2 Å². The number of oxime groups is 1. The fourth-order valence-electron chi connectivity index (χ4n) is 5.23. The van der Waals surface area contributed by atoms with Crippen LogP contribution in [0.4, 0.5) is 0 Å². The molecule has 318 valence electrons. The van der Waals surface area contributed by atoms with Crippen molar-refractivity contribution >= 4 is 144 Å². The summed E-state index contributed by atoms with van der Waals surface area (Å²) in [7, 11) is 0. The van der Waals surface area contributed by atoms with Gasteiger partial charge in [-0.15, -0.1) is 22.7 Å². The van der Waals surface area contributed by atoms with Gasteiger partial charge in [0.15, 0.2) is 0 Å². The second-order valence-electron chi connectivity index (χ2n) is 12.2. The Morgan fingerprint density at radius 1 is 0.531 bits per heavy atom. The molecule has 3 aromatic carbocycles. The number of halogens is 6. The molecule has 4 aliphatic carbocycles. The molecule has 1 aliphatic heterocycles. The first kappa shape index (κ1) is 48.7. The number of rotatable bonds is 2. The van der Waals surface area contributed by atoms with Crippen LogP contribution in [0.1, 0.15) is 40.8 Å². The van der Waals surface area contributed by atoms with Crippen molar-refractivity contribution in [2.45, 2.75) is 0 Å². The molecule has 5 aliphatic rings. The lowest BCUT2D eigenvalue weighted by atomic mass is 9.95. The van der Waals surface area contributed by atoms with E-state index in [-0.39, 0.29) is 45.6 Å². The third kappa shape index (κ3) is 10.7. The number of nitrogens with one attached hydrogen (secondary N) is 1. The number of hydrogen-bond donors (Lipinski definition) is 2. The minimum atomic E-state index is -0.729. The van der Waals surface area contributed by atoms with Gasteiger partial charge in [0.1, 0.15) is 57.8 Å². The quantitative estimate of drug-likeness (QED) is 0.0969. The molecule has 0 aromatic heterocycles. The van der Waals surface area contributed by atoms with E-state index >= 15 is 0 Å². The second-order valence-corrected chi connectivity index (χ2v) is 16.5. The van der Waals surface area contributed by atoms with Crippen LogP contribution in [0.25, 0.3) is 10.8 Å². The van der Waals surface area contributed by atoms with Gasteiger partial charge in [-0.25, -0.2) is 5.43 Å². The van der Waals surface area contributed by atoms with E-state index in [1.54, 1.807) is 97.1 Å². The highest BCUT2D eigenvalue weighted by Gasteiger charge is 2.31. The average molecular weight is 1010 g/mol. The van der Waals surface area contributed by atoms with E-state index < -0.39 is 43.3 Å². The summed E-state index contributed by atoms with van der Waals surface area (Å²) in [6.07, 6.45) is 6.46. The van der Waals surface area contributed by atoms with Crippen LogP contribution in [0.3, 0.4) is 0 Å². The smallest absolute Gasteiger partial charge is 0.271 e. The molecule has 0 fully saturated rings. The minimum absolute atomic E-state index is 0.164. The molecule has 1 amide bonds. The van der Waals surface area contributed by atoms with Crippen LogP contribution in [0.5, 0.6) is 0 Å². The third-order valence-electron chi connectivity index (χ3n) is 8.33.